The first-order valence-corrected chi connectivity index (χ1v) is 6.16. The summed E-state index contributed by atoms with van der Waals surface area (Å²) in [7, 11) is 0. The van der Waals surface area contributed by atoms with Crippen molar-refractivity contribution in [1.29, 1.82) is 5.26 Å². The minimum absolute atomic E-state index is 0.280. The standard InChI is InChI=1S/C12H18N2O/c13-6-9-2-1-3-12(9)14-7-10-4-5-11(8-14)15-10/h9-12H,1-5,7-8H2. The molecule has 2 aliphatic heterocycles. The summed E-state index contributed by atoms with van der Waals surface area (Å²) in [4.78, 5) is 2.53. The zero-order valence-electron chi connectivity index (χ0n) is 9.06. The van der Waals surface area contributed by atoms with Crippen LogP contribution in [0.2, 0.25) is 0 Å². The van der Waals surface area contributed by atoms with Crippen molar-refractivity contribution in [1.82, 2.24) is 4.90 Å². The van der Waals surface area contributed by atoms with E-state index in [2.05, 4.69) is 11.0 Å². The molecule has 2 heterocycles. The average molecular weight is 206 g/mol. The van der Waals surface area contributed by atoms with Gasteiger partial charge in [-0.25, -0.2) is 0 Å². The van der Waals surface area contributed by atoms with Gasteiger partial charge in [-0.05, 0) is 25.7 Å². The molecule has 3 aliphatic rings. The first kappa shape index (κ1) is 9.62. The monoisotopic (exact) mass is 206 g/mol. The Bertz CT molecular complexity index is 274. The molecule has 82 valence electrons. The van der Waals surface area contributed by atoms with Crippen molar-refractivity contribution < 1.29 is 4.74 Å². The Balaban J connectivity index is 1.70. The van der Waals surface area contributed by atoms with Gasteiger partial charge in [-0.15, -0.1) is 0 Å². The number of nitriles is 1. The Morgan fingerprint density at radius 1 is 1.07 bits per heavy atom. The van der Waals surface area contributed by atoms with E-state index < -0.39 is 0 Å². The largest absolute Gasteiger partial charge is 0.372 e. The molecule has 0 radical (unpaired) electrons. The third-order valence-electron chi connectivity index (χ3n) is 4.19. The molecule has 0 aromatic rings. The van der Waals surface area contributed by atoms with Crippen LogP contribution in [-0.2, 0) is 4.74 Å². The van der Waals surface area contributed by atoms with E-state index in [0.29, 0.717) is 18.2 Å². The SMILES string of the molecule is N#CC1CCCC1N1CC2CCC(C1)O2. The second-order valence-electron chi connectivity index (χ2n) is 5.15. The van der Waals surface area contributed by atoms with Crippen LogP contribution in [0.25, 0.3) is 0 Å². The van der Waals surface area contributed by atoms with Crippen LogP contribution in [0.3, 0.4) is 0 Å². The number of hydrogen-bond acceptors (Lipinski definition) is 3. The van der Waals surface area contributed by atoms with Gasteiger partial charge in [0.1, 0.15) is 0 Å². The lowest BCUT2D eigenvalue weighted by Crippen LogP contribution is -2.49. The highest BCUT2D eigenvalue weighted by atomic mass is 16.5. The van der Waals surface area contributed by atoms with Crippen LogP contribution in [0.15, 0.2) is 0 Å². The van der Waals surface area contributed by atoms with Crippen molar-refractivity contribution in [2.75, 3.05) is 13.1 Å². The molecule has 0 aromatic heterocycles. The molecule has 3 heteroatoms. The highest BCUT2D eigenvalue weighted by Crippen LogP contribution is 2.34. The molecule has 3 fully saturated rings. The van der Waals surface area contributed by atoms with Crippen molar-refractivity contribution in [2.24, 2.45) is 5.92 Å². The van der Waals surface area contributed by atoms with E-state index in [4.69, 9.17) is 10.00 Å². The molecule has 3 nitrogen and oxygen atoms in total. The van der Waals surface area contributed by atoms with Crippen molar-refractivity contribution in [3.63, 3.8) is 0 Å². The Kier molecular flexibility index (Phi) is 2.42. The third kappa shape index (κ3) is 1.66. The van der Waals surface area contributed by atoms with Crippen molar-refractivity contribution in [2.45, 2.75) is 50.4 Å². The first-order chi connectivity index (χ1) is 7.36. The predicted molar refractivity (Wildman–Crippen MR) is 56.2 cm³/mol. The molecule has 0 spiro atoms. The van der Waals surface area contributed by atoms with Crippen LogP contribution in [0.4, 0.5) is 0 Å². The van der Waals surface area contributed by atoms with E-state index in [1.165, 1.54) is 25.7 Å². The summed E-state index contributed by atoms with van der Waals surface area (Å²) in [5, 5.41) is 9.11. The smallest absolute Gasteiger partial charge is 0.0707 e. The summed E-state index contributed by atoms with van der Waals surface area (Å²) in [6.07, 6.45) is 6.93. The van der Waals surface area contributed by atoms with E-state index in [-0.39, 0.29) is 5.92 Å². The number of nitrogens with zero attached hydrogens (tertiary/aromatic N) is 2. The average Bonchev–Trinajstić information content (AvgIpc) is 2.85. The molecular formula is C12H18N2O. The molecule has 0 N–H and O–H groups in total. The summed E-state index contributed by atoms with van der Waals surface area (Å²) < 4.78 is 5.83. The number of fused-ring (bicyclic) bond motifs is 2. The first-order valence-electron chi connectivity index (χ1n) is 6.16. The van der Waals surface area contributed by atoms with E-state index >= 15 is 0 Å². The third-order valence-corrected chi connectivity index (χ3v) is 4.19. The van der Waals surface area contributed by atoms with Crippen LogP contribution >= 0.6 is 0 Å². The highest BCUT2D eigenvalue weighted by Gasteiger charge is 2.40. The van der Waals surface area contributed by atoms with Crippen LogP contribution < -0.4 is 0 Å². The minimum atomic E-state index is 0.280. The second-order valence-corrected chi connectivity index (χ2v) is 5.15. The maximum Gasteiger partial charge on any atom is 0.0707 e. The lowest BCUT2D eigenvalue weighted by atomic mass is 10.0. The zero-order chi connectivity index (χ0) is 10.3. The highest BCUT2D eigenvalue weighted by molar-refractivity contribution is 5.00. The fraction of sp³-hybridized carbons (Fsp3) is 0.917. The molecule has 2 bridgehead atoms. The van der Waals surface area contributed by atoms with Crippen LogP contribution in [-0.4, -0.2) is 36.2 Å². The molecule has 1 saturated carbocycles. The van der Waals surface area contributed by atoms with E-state index in [1.54, 1.807) is 0 Å². The molecule has 0 aromatic carbocycles. The summed E-state index contributed by atoms with van der Waals surface area (Å²) >= 11 is 0. The van der Waals surface area contributed by atoms with E-state index in [1.807, 2.05) is 0 Å². The lowest BCUT2D eigenvalue weighted by molar-refractivity contribution is -0.0550. The predicted octanol–water partition coefficient (Wildman–Crippen LogP) is 1.54. The van der Waals surface area contributed by atoms with Gasteiger partial charge in [-0.3, -0.25) is 4.90 Å². The van der Waals surface area contributed by atoms with E-state index in [9.17, 15) is 0 Å². The molecule has 4 atom stereocenters. The molecular weight excluding hydrogens is 188 g/mol. The number of likely N-dealkylation sites (tertiary alicyclic amines) is 1. The summed E-state index contributed by atoms with van der Waals surface area (Å²) in [6, 6.07) is 3.01. The summed E-state index contributed by atoms with van der Waals surface area (Å²) in [5.74, 6) is 0.280. The zero-order valence-corrected chi connectivity index (χ0v) is 9.06. The van der Waals surface area contributed by atoms with Gasteiger partial charge in [0, 0.05) is 19.1 Å². The molecule has 0 amide bonds. The Morgan fingerprint density at radius 2 is 1.80 bits per heavy atom. The Hall–Kier alpha value is -0.590. The van der Waals surface area contributed by atoms with Crippen LogP contribution in [0.1, 0.15) is 32.1 Å². The van der Waals surface area contributed by atoms with Crippen molar-refractivity contribution in [3.8, 4) is 6.07 Å². The quantitative estimate of drug-likeness (QED) is 0.653. The van der Waals surface area contributed by atoms with Crippen molar-refractivity contribution in [3.05, 3.63) is 0 Å². The number of morpholine rings is 1. The minimum Gasteiger partial charge on any atom is -0.372 e. The fourth-order valence-electron chi connectivity index (χ4n) is 3.45. The van der Waals surface area contributed by atoms with Crippen LogP contribution in [0.5, 0.6) is 0 Å². The van der Waals surface area contributed by atoms with Gasteiger partial charge in [0.05, 0.1) is 24.2 Å². The van der Waals surface area contributed by atoms with Gasteiger partial charge in [0.2, 0.25) is 0 Å². The molecule has 1 aliphatic carbocycles. The van der Waals surface area contributed by atoms with Crippen LogP contribution in [0, 0.1) is 17.2 Å². The molecule has 3 rings (SSSR count). The number of rotatable bonds is 1. The van der Waals surface area contributed by atoms with Gasteiger partial charge in [0.25, 0.3) is 0 Å². The normalized spacial score (nSPS) is 45.5. The van der Waals surface area contributed by atoms with Gasteiger partial charge in [-0.2, -0.15) is 5.26 Å². The maximum atomic E-state index is 9.11. The topological polar surface area (TPSA) is 36.3 Å². The Labute approximate surface area is 91.0 Å². The number of hydrogen-bond donors (Lipinski definition) is 0. The Morgan fingerprint density at radius 3 is 2.47 bits per heavy atom. The van der Waals surface area contributed by atoms with Gasteiger partial charge in [0.15, 0.2) is 0 Å². The van der Waals surface area contributed by atoms with Gasteiger partial charge in [-0.1, -0.05) is 6.42 Å². The second kappa shape index (κ2) is 3.77. The lowest BCUT2D eigenvalue weighted by Gasteiger charge is -2.37. The molecule has 15 heavy (non-hydrogen) atoms. The molecule has 2 saturated heterocycles. The fourth-order valence-corrected chi connectivity index (χ4v) is 3.45. The number of ether oxygens (including phenoxy) is 1. The van der Waals surface area contributed by atoms with Gasteiger partial charge >= 0.3 is 0 Å². The maximum absolute atomic E-state index is 9.11. The van der Waals surface area contributed by atoms with E-state index in [0.717, 1.165) is 19.5 Å². The summed E-state index contributed by atoms with van der Waals surface area (Å²) in [5.41, 5.74) is 0. The summed E-state index contributed by atoms with van der Waals surface area (Å²) in [6.45, 7) is 2.14. The van der Waals surface area contributed by atoms with Crippen molar-refractivity contribution >= 4 is 0 Å². The van der Waals surface area contributed by atoms with Gasteiger partial charge < -0.3 is 4.74 Å². The molecule has 4 unspecified atom stereocenters.